The van der Waals surface area contributed by atoms with Crippen LogP contribution >= 0.6 is 23.4 Å². The molecule has 0 radical (unpaired) electrons. The first-order valence-electron chi connectivity index (χ1n) is 3.66. The lowest BCUT2D eigenvalue weighted by Gasteiger charge is -2.06. The lowest BCUT2D eigenvalue weighted by molar-refractivity contribution is 0.199. The standard InChI is InChI=1S/C9H11ClOS/c1-6(11)7-3-4-9(12-2)8(10)5-7/h3-6,11H,1-2H3/t6-/m1/s1. The van der Waals surface area contributed by atoms with Crippen molar-refractivity contribution in [3.63, 3.8) is 0 Å². The van der Waals surface area contributed by atoms with Gasteiger partial charge in [-0.05, 0) is 30.9 Å². The second-order valence-electron chi connectivity index (χ2n) is 2.57. The van der Waals surface area contributed by atoms with Gasteiger partial charge in [0, 0.05) is 4.90 Å². The first-order valence-corrected chi connectivity index (χ1v) is 5.27. The van der Waals surface area contributed by atoms with Crippen LogP contribution in [-0.4, -0.2) is 11.4 Å². The van der Waals surface area contributed by atoms with Crippen molar-refractivity contribution in [2.24, 2.45) is 0 Å². The predicted molar refractivity (Wildman–Crippen MR) is 53.9 cm³/mol. The highest BCUT2D eigenvalue weighted by atomic mass is 35.5. The summed E-state index contributed by atoms with van der Waals surface area (Å²) < 4.78 is 0. The third kappa shape index (κ3) is 2.16. The highest BCUT2D eigenvalue weighted by Gasteiger charge is 2.03. The Kier molecular flexibility index (Phi) is 3.44. The SMILES string of the molecule is CSc1ccc([C@@H](C)O)cc1Cl. The van der Waals surface area contributed by atoms with Crippen molar-refractivity contribution < 1.29 is 5.11 Å². The van der Waals surface area contributed by atoms with Crippen LogP contribution in [0.5, 0.6) is 0 Å². The van der Waals surface area contributed by atoms with Gasteiger partial charge >= 0.3 is 0 Å². The minimum Gasteiger partial charge on any atom is -0.389 e. The van der Waals surface area contributed by atoms with E-state index in [-0.39, 0.29) is 0 Å². The molecule has 1 nitrogen and oxygen atoms in total. The van der Waals surface area contributed by atoms with Crippen molar-refractivity contribution in [3.05, 3.63) is 28.8 Å². The van der Waals surface area contributed by atoms with Gasteiger partial charge < -0.3 is 5.11 Å². The first kappa shape index (κ1) is 9.90. The van der Waals surface area contributed by atoms with E-state index in [1.54, 1.807) is 24.8 Å². The molecule has 66 valence electrons. The average Bonchev–Trinajstić information content (AvgIpc) is 2.04. The number of aliphatic hydroxyl groups is 1. The number of hydrogen-bond acceptors (Lipinski definition) is 2. The minimum absolute atomic E-state index is 0.446. The Hall–Kier alpha value is -0.180. The lowest BCUT2D eigenvalue weighted by Crippen LogP contribution is -1.90. The van der Waals surface area contributed by atoms with Gasteiger partial charge in [-0.1, -0.05) is 17.7 Å². The third-order valence-electron chi connectivity index (χ3n) is 1.66. The Morgan fingerprint density at radius 3 is 2.58 bits per heavy atom. The van der Waals surface area contributed by atoms with Gasteiger partial charge in [-0.2, -0.15) is 0 Å². The molecule has 0 unspecified atom stereocenters. The van der Waals surface area contributed by atoms with Gasteiger partial charge in [-0.3, -0.25) is 0 Å². The van der Waals surface area contributed by atoms with Crippen LogP contribution in [0.4, 0.5) is 0 Å². The fourth-order valence-electron chi connectivity index (χ4n) is 0.942. The normalized spacial score (nSPS) is 13.0. The van der Waals surface area contributed by atoms with Gasteiger partial charge in [0.05, 0.1) is 11.1 Å². The molecular formula is C9H11ClOS. The molecule has 1 N–H and O–H groups in total. The number of thioether (sulfide) groups is 1. The molecule has 1 atom stereocenters. The van der Waals surface area contributed by atoms with E-state index in [0.29, 0.717) is 5.02 Å². The second kappa shape index (κ2) is 4.17. The Labute approximate surface area is 81.7 Å². The summed E-state index contributed by atoms with van der Waals surface area (Å²) in [7, 11) is 0. The molecule has 0 saturated carbocycles. The molecule has 0 bridgehead atoms. The second-order valence-corrected chi connectivity index (χ2v) is 3.83. The quantitative estimate of drug-likeness (QED) is 0.744. The molecular weight excluding hydrogens is 192 g/mol. The van der Waals surface area contributed by atoms with Crippen molar-refractivity contribution in [2.75, 3.05) is 6.26 Å². The Balaban J connectivity index is 3.02. The molecule has 0 aromatic heterocycles. The van der Waals surface area contributed by atoms with E-state index in [9.17, 15) is 5.11 Å². The van der Waals surface area contributed by atoms with Crippen molar-refractivity contribution in [1.82, 2.24) is 0 Å². The number of rotatable bonds is 2. The van der Waals surface area contributed by atoms with Gasteiger partial charge in [0.2, 0.25) is 0 Å². The Bertz CT molecular complexity index is 273. The lowest BCUT2D eigenvalue weighted by atomic mass is 10.1. The number of halogens is 1. The van der Waals surface area contributed by atoms with Crippen molar-refractivity contribution in [1.29, 1.82) is 0 Å². The highest BCUT2D eigenvalue weighted by Crippen LogP contribution is 2.27. The van der Waals surface area contributed by atoms with Crippen molar-refractivity contribution in [3.8, 4) is 0 Å². The average molecular weight is 203 g/mol. The summed E-state index contributed by atoms with van der Waals surface area (Å²) in [5.41, 5.74) is 0.859. The van der Waals surface area contributed by atoms with Crippen molar-refractivity contribution >= 4 is 23.4 Å². The van der Waals surface area contributed by atoms with Gasteiger partial charge in [0.15, 0.2) is 0 Å². The van der Waals surface area contributed by atoms with E-state index < -0.39 is 6.10 Å². The topological polar surface area (TPSA) is 20.2 Å². The molecule has 3 heteroatoms. The van der Waals surface area contributed by atoms with Crippen LogP contribution in [0.2, 0.25) is 5.02 Å². The summed E-state index contributed by atoms with van der Waals surface area (Å²) in [6, 6.07) is 5.62. The zero-order valence-electron chi connectivity index (χ0n) is 7.04. The molecule has 0 spiro atoms. The third-order valence-corrected chi connectivity index (χ3v) is 2.88. The molecule has 0 aliphatic carbocycles. The first-order chi connectivity index (χ1) is 5.65. The maximum atomic E-state index is 9.25. The van der Waals surface area contributed by atoms with E-state index in [1.807, 2.05) is 18.4 Å². The summed E-state index contributed by atoms with van der Waals surface area (Å²) in [6.07, 6.45) is 1.53. The molecule has 1 aromatic carbocycles. The summed E-state index contributed by atoms with van der Waals surface area (Å²) in [5.74, 6) is 0. The molecule has 0 heterocycles. The van der Waals surface area contributed by atoms with Gasteiger partial charge in [0.25, 0.3) is 0 Å². The molecule has 0 fully saturated rings. The minimum atomic E-state index is -0.446. The van der Waals surface area contributed by atoms with Crippen LogP contribution in [0.1, 0.15) is 18.6 Å². The maximum absolute atomic E-state index is 9.25. The molecule has 0 aliphatic heterocycles. The zero-order chi connectivity index (χ0) is 9.14. The molecule has 0 amide bonds. The van der Waals surface area contributed by atoms with Crippen LogP contribution in [0, 0.1) is 0 Å². The summed E-state index contributed by atoms with van der Waals surface area (Å²) in [5, 5.41) is 9.96. The smallest absolute Gasteiger partial charge is 0.0762 e. The molecule has 0 aliphatic rings. The van der Waals surface area contributed by atoms with E-state index >= 15 is 0 Å². The molecule has 1 rings (SSSR count). The molecule has 0 saturated heterocycles. The number of benzene rings is 1. The molecule has 12 heavy (non-hydrogen) atoms. The number of hydrogen-bond donors (Lipinski definition) is 1. The zero-order valence-corrected chi connectivity index (χ0v) is 8.62. The largest absolute Gasteiger partial charge is 0.389 e. The van der Waals surface area contributed by atoms with Crippen LogP contribution in [-0.2, 0) is 0 Å². The Morgan fingerprint density at radius 2 is 2.17 bits per heavy atom. The van der Waals surface area contributed by atoms with Crippen LogP contribution in [0.25, 0.3) is 0 Å². The van der Waals surface area contributed by atoms with Crippen molar-refractivity contribution in [2.45, 2.75) is 17.9 Å². The maximum Gasteiger partial charge on any atom is 0.0762 e. The van der Waals surface area contributed by atoms with Gasteiger partial charge in [0.1, 0.15) is 0 Å². The fraction of sp³-hybridized carbons (Fsp3) is 0.333. The van der Waals surface area contributed by atoms with Gasteiger partial charge in [-0.25, -0.2) is 0 Å². The predicted octanol–water partition coefficient (Wildman–Crippen LogP) is 3.12. The van der Waals surface area contributed by atoms with E-state index in [2.05, 4.69) is 0 Å². The molecule has 1 aromatic rings. The summed E-state index contributed by atoms with van der Waals surface area (Å²) in [4.78, 5) is 1.04. The summed E-state index contributed by atoms with van der Waals surface area (Å²) in [6.45, 7) is 1.73. The van der Waals surface area contributed by atoms with E-state index in [1.165, 1.54) is 0 Å². The Morgan fingerprint density at radius 1 is 1.50 bits per heavy atom. The van der Waals surface area contributed by atoms with Crippen LogP contribution in [0.3, 0.4) is 0 Å². The summed E-state index contributed by atoms with van der Waals surface area (Å²) >= 11 is 7.54. The fourth-order valence-corrected chi connectivity index (χ4v) is 1.82. The highest BCUT2D eigenvalue weighted by molar-refractivity contribution is 7.98. The van der Waals surface area contributed by atoms with E-state index in [4.69, 9.17) is 11.6 Å². The monoisotopic (exact) mass is 202 g/mol. The van der Waals surface area contributed by atoms with E-state index in [0.717, 1.165) is 10.5 Å². The van der Waals surface area contributed by atoms with Crippen LogP contribution in [0.15, 0.2) is 23.1 Å². The van der Waals surface area contributed by atoms with Crippen LogP contribution < -0.4 is 0 Å². The number of aliphatic hydroxyl groups excluding tert-OH is 1. The van der Waals surface area contributed by atoms with Gasteiger partial charge in [-0.15, -0.1) is 11.8 Å².